The zero-order valence-corrected chi connectivity index (χ0v) is 54.0. The van der Waals surface area contributed by atoms with E-state index in [9.17, 15) is 58.2 Å². The van der Waals surface area contributed by atoms with Crippen molar-refractivity contribution in [3.8, 4) is 0 Å². The van der Waals surface area contributed by atoms with Gasteiger partial charge >= 0.3 is 18.3 Å². The van der Waals surface area contributed by atoms with Crippen molar-refractivity contribution in [2.24, 2.45) is 35.5 Å². The third kappa shape index (κ3) is 40.4. The third-order valence-corrected chi connectivity index (χ3v) is 12.7. The van der Waals surface area contributed by atoms with Crippen molar-refractivity contribution >= 4 is 70.4 Å². The number of nitrogens with one attached hydrogen (secondary N) is 7. The molecule has 510 valence electrons. The van der Waals surface area contributed by atoms with Crippen molar-refractivity contribution in [1.82, 2.24) is 47.0 Å². The molecule has 3 saturated heterocycles. The van der Waals surface area contributed by atoms with Gasteiger partial charge in [0.2, 0.25) is 34.8 Å². The van der Waals surface area contributed by atoms with Crippen LogP contribution in [0.25, 0.3) is 0 Å². The summed E-state index contributed by atoms with van der Waals surface area (Å²) < 4.78 is 15.8. The second-order valence-electron chi connectivity index (χ2n) is 25.6. The maximum Gasteiger partial charge on any atom is 0.408 e. The van der Waals surface area contributed by atoms with Gasteiger partial charge in [0.1, 0.15) is 16.8 Å². The quantitative estimate of drug-likeness (QED) is 0.0228. The number of carbonyl (C=O) groups is 10. The fraction of sp³-hybridized carbons (Fsp3) is 0.746. The van der Waals surface area contributed by atoms with E-state index in [1.54, 1.807) is 62.3 Å². The predicted molar refractivity (Wildman–Crippen MR) is 346 cm³/mol. The molecule has 3 aliphatic rings. The minimum absolute atomic E-state index is 0. The van der Waals surface area contributed by atoms with E-state index in [1.807, 2.05) is 41.5 Å². The molecular formula is C63H116ClN9O15. The van der Waals surface area contributed by atoms with Crippen LogP contribution in [-0.4, -0.2) is 185 Å². The van der Waals surface area contributed by atoms with Crippen LogP contribution in [0.1, 0.15) is 165 Å². The Labute approximate surface area is 532 Å². The van der Waals surface area contributed by atoms with Crippen LogP contribution in [0.15, 0.2) is 38.0 Å². The molecule has 3 heterocycles. The van der Waals surface area contributed by atoms with Crippen LogP contribution in [0.5, 0.6) is 0 Å². The first kappa shape index (κ1) is 88.3. The highest BCUT2D eigenvalue weighted by atomic mass is 35.5. The Bertz CT molecular complexity index is 2210. The number of nitrogens with zero attached hydrogens (tertiary/aromatic N) is 2. The maximum absolute atomic E-state index is 12.9. The molecule has 2 unspecified atom stereocenters. The molecule has 3 aliphatic heterocycles. The van der Waals surface area contributed by atoms with Crippen LogP contribution in [0, 0.1) is 35.5 Å². The van der Waals surface area contributed by atoms with E-state index in [0.29, 0.717) is 70.7 Å². The number of aliphatic hydroxyl groups excluding tert-OH is 2. The Morgan fingerprint density at radius 1 is 0.568 bits per heavy atom. The molecule has 24 nitrogen and oxygen atoms in total. The highest BCUT2D eigenvalue weighted by Crippen LogP contribution is 2.19. The van der Waals surface area contributed by atoms with Crippen molar-refractivity contribution in [3.05, 3.63) is 38.0 Å². The van der Waals surface area contributed by atoms with Gasteiger partial charge in [0.15, 0.2) is 5.78 Å². The third-order valence-electron chi connectivity index (χ3n) is 12.6. The van der Waals surface area contributed by atoms with Crippen LogP contribution >= 0.6 is 11.6 Å². The summed E-state index contributed by atoms with van der Waals surface area (Å²) in [5.74, 6) is -1.28. The minimum Gasteiger partial charge on any atom is -0.444 e. The number of hydrogen-bond acceptors (Lipinski definition) is 16. The first-order chi connectivity index (χ1) is 39.2. The number of alkyl carbamates (subject to hydrolysis) is 3. The van der Waals surface area contributed by atoms with Gasteiger partial charge in [0.25, 0.3) is 0 Å². The van der Waals surface area contributed by atoms with Gasteiger partial charge < -0.3 is 71.4 Å². The lowest BCUT2D eigenvalue weighted by atomic mass is 9.98. The standard InChI is InChI=1S/C20H35N3O5.C20H33N3O5.C17H33N3O4.C3H3ClO.3CH4/c2*1-7-17(25)23(11-14-8-9-21-18(14)26)12-16(24)15(10-13(2)3)22-19(27)28-20(4,5)6;1-11(2)8-13(20-16(23)24-17(3,4)5)14(21)10-18-9-12-6-7-19-15(12)22;1-2-3(4)5;;;/h7,13-16,24H,1,8-12H2,2-6H3,(H,21,26)(H,22,27);7,13-15H,1,8-12H2,2-6H3,(H,21,26)(H,22,27);11-14,18,21H,6-10H2,1-5H3,(H,19,22)(H,20,23);2H,1H2;3*1H4/t14-,15-,16?;14-,15-;12-,13-,14?;;;;/m000..../s1. The lowest BCUT2D eigenvalue weighted by Crippen LogP contribution is -2.51. The van der Waals surface area contributed by atoms with Gasteiger partial charge in [-0.2, -0.15) is 0 Å². The summed E-state index contributed by atoms with van der Waals surface area (Å²) in [5, 5.41) is 40.1. The summed E-state index contributed by atoms with van der Waals surface area (Å²) in [7, 11) is 0. The Hall–Kier alpha value is -6.11. The molecule has 88 heavy (non-hydrogen) atoms. The molecule has 0 aromatic rings. The molecule has 9 N–H and O–H groups in total. The highest BCUT2D eigenvalue weighted by molar-refractivity contribution is 6.66. The van der Waals surface area contributed by atoms with E-state index in [4.69, 9.17) is 25.8 Å². The lowest BCUT2D eigenvalue weighted by molar-refractivity contribution is -0.134. The number of aliphatic hydroxyl groups is 2. The van der Waals surface area contributed by atoms with Gasteiger partial charge in [0.05, 0.1) is 54.6 Å². The molecule has 0 aromatic heterocycles. The number of ether oxygens (including phenoxy) is 3. The number of carbonyl (C=O) groups excluding carboxylic acids is 10. The summed E-state index contributed by atoms with van der Waals surface area (Å²) in [6.45, 7) is 40.7. The molecule has 0 saturated carbocycles. The number of rotatable bonds is 27. The van der Waals surface area contributed by atoms with Gasteiger partial charge in [-0.15, -0.1) is 0 Å². The van der Waals surface area contributed by atoms with Crippen LogP contribution < -0.4 is 37.2 Å². The number of halogens is 1. The van der Waals surface area contributed by atoms with E-state index >= 15 is 0 Å². The van der Waals surface area contributed by atoms with Crippen LogP contribution in [0.2, 0.25) is 0 Å². The first-order valence-corrected chi connectivity index (χ1v) is 29.6. The van der Waals surface area contributed by atoms with Crippen molar-refractivity contribution in [2.75, 3.05) is 58.9 Å². The number of Topliss-reactive ketones (excluding diaryl/α,β-unsaturated/α-hetero) is 1. The molecule has 8 atom stereocenters. The predicted octanol–water partition coefficient (Wildman–Crippen LogP) is 6.94. The summed E-state index contributed by atoms with van der Waals surface area (Å²) in [6.07, 6.45) is 3.39. The monoisotopic (exact) mass is 1270 g/mol. The molecule has 0 aliphatic carbocycles. The summed E-state index contributed by atoms with van der Waals surface area (Å²) in [5.41, 5.74) is -1.92. The zero-order valence-electron chi connectivity index (χ0n) is 53.3. The first-order valence-electron chi connectivity index (χ1n) is 29.3. The maximum atomic E-state index is 12.9. The topological polar surface area (TPSA) is 330 Å². The number of ketones is 1. The normalized spacial score (nSPS) is 17.6. The van der Waals surface area contributed by atoms with Crippen molar-refractivity contribution in [3.63, 3.8) is 0 Å². The van der Waals surface area contributed by atoms with Crippen LogP contribution in [0.3, 0.4) is 0 Å². The summed E-state index contributed by atoms with van der Waals surface area (Å²) >= 11 is 4.71. The average molecular weight is 1280 g/mol. The fourth-order valence-electron chi connectivity index (χ4n) is 8.70. The molecule has 3 rings (SSSR count). The summed E-state index contributed by atoms with van der Waals surface area (Å²) in [6, 6.07) is -1.77. The molecular weight excluding hydrogens is 1160 g/mol. The zero-order chi connectivity index (χ0) is 65.6. The van der Waals surface area contributed by atoms with Gasteiger partial charge in [-0.05, 0) is 148 Å². The highest BCUT2D eigenvalue weighted by Gasteiger charge is 2.34. The fourth-order valence-corrected chi connectivity index (χ4v) is 8.70. The van der Waals surface area contributed by atoms with E-state index < -0.39 is 76.6 Å². The van der Waals surface area contributed by atoms with Gasteiger partial charge in [-0.3, -0.25) is 33.6 Å². The number of hydrogen-bond donors (Lipinski definition) is 9. The lowest BCUT2D eigenvalue weighted by Gasteiger charge is -2.32. The minimum atomic E-state index is -1.01. The number of amides is 8. The Morgan fingerprint density at radius 2 is 0.909 bits per heavy atom. The Morgan fingerprint density at radius 3 is 1.24 bits per heavy atom. The average Bonchev–Trinajstić information content (AvgIpc) is 3.44. The van der Waals surface area contributed by atoms with Gasteiger partial charge in [-0.25, -0.2) is 14.4 Å². The Balaban J connectivity index is -0.000000570. The van der Waals surface area contributed by atoms with Crippen molar-refractivity contribution < 1.29 is 72.4 Å². The Kier molecular flexibility index (Phi) is 43.7. The van der Waals surface area contributed by atoms with Crippen molar-refractivity contribution in [1.29, 1.82) is 0 Å². The molecule has 25 heteroatoms. The SMILES string of the molecule is C.C.C.C=CC(=O)Cl.C=CC(=O)N(CC(=O)[C@H](CC(C)C)NC(=O)OC(C)(C)C)C[C@@H]1CCNC1=O.C=CC(=O)N(CC(O)[C@H](CC(C)C)NC(=O)OC(C)(C)C)C[C@@H]1CCNC1=O.CC(C)C[C@H](NC(=O)OC(C)(C)C)C(O)CNC[C@@H]1CCNC1=O. The van der Waals surface area contributed by atoms with E-state index in [2.05, 4.69) is 57.0 Å². The molecule has 0 radical (unpaired) electrons. The molecule has 0 aromatic carbocycles. The van der Waals surface area contributed by atoms with Gasteiger partial charge in [0, 0.05) is 52.4 Å². The van der Waals surface area contributed by atoms with E-state index in [-0.39, 0.29) is 107 Å². The molecule has 8 amide bonds. The largest absolute Gasteiger partial charge is 0.444 e. The molecule has 0 spiro atoms. The van der Waals surface area contributed by atoms with E-state index in [0.717, 1.165) is 18.6 Å². The molecule has 3 fully saturated rings. The van der Waals surface area contributed by atoms with Crippen molar-refractivity contribution in [2.45, 2.75) is 212 Å². The van der Waals surface area contributed by atoms with Crippen LogP contribution in [0.4, 0.5) is 14.4 Å². The van der Waals surface area contributed by atoms with E-state index in [1.165, 1.54) is 15.9 Å². The van der Waals surface area contributed by atoms with Crippen LogP contribution in [-0.2, 0) is 47.8 Å². The smallest absolute Gasteiger partial charge is 0.408 e. The second kappa shape index (κ2) is 43.5. The summed E-state index contributed by atoms with van der Waals surface area (Å²) in [4.78, 5) is 121. The number of allylic oxidation sites excluding steroid dienone is 1. The molecule has 0 bridgehead atoms. The second-order valence-corrected chi connectivity index (χ2v) is 25.9. The van der Waals surface area contributed by atoms with Gasteiger partial charge in [-0.1, -0.05) is 83.6 Å².